The molecule has 5 heteroatoms. The molecule has 0 amide bonds. The van der Waals surface area contributed by atoms with Gasteiger partial charge in [-0.2, -0.15) is 0 Å². The van der Waals surface area contributed by atoms with Crippen molar-refractivity contribution in [3.63, 3.8) is 0 Å². The molecule has 0 saturated carbocycles. The summed E-state index contributed by atoms with van der Waals surface area (Å²) in [5.74, 6) is 0. The van der Waals surface area contributed by atoms with E-state index in [2.05, 4.69) is 11.6 Å². The van der Waals surface area contributed by atoms with E-state index in [-0.39, 0.29) is 4.90 Å². The fourth-order valence-electron chi connectivity index (χ4n) is 2.14. The maximum Gasteiger partial charge on any atom is 0.240 e. The van der Waals surface area contributed by atoms with Crippen molar-refractivity contribution >= 4 is 10.0 Å². The van der Waals surface area contributed by atoms with Gasteiger partial charge in [-0.25, -0.2) is 13.1 Å². The van der Waals surface area contributed by atoms with Crippen molar-refractivity contribution in [1.82, 2.24) is 4.72 Å². The molecule has 21 heavy (non-hydrogen) atoms. The molecule has 0 fully saturated rings. The maximum absolute atomic E-state index is 12.3. The summed E-state index contributed by atoms with van der Waals surface area (Å²) in [6, 6.07) is 14.5. The van der Waals surface area contributed by atoms with E-state index in [4.69, 9.17) is 5.73 Å². The minimum absolute atomic E-state index is 0.258. The summed E-state index contributed by atoms with van der Waals surface area (Å²) in [6.45, 7) is 2.75. The Balaban J connectivity index is 2.13. The van der Waals surface area contributed by atoms with E-state index in [1.165, 1.54) is 0 Å². The van der Waals surface area contributed by atoms with Gasteiger partial charge in [0.25, 0.3) is 0 Å². The molecule has 0 aliphatic carbocycles. The van der Waals surface area contributed by atoms with Crippen molar-refractivity contribution in [2.45, 2.75) is 31.3 Å². The molecule has 0 heterocycles. The Hall–Kier alpha value is -1.69. The highest BCUT2D eigenvalue weighted by Crippen LogP contribution is 2.13. The van der Waals surface area contributed by atoms with Crippen LogP contribution < -0.4 is 10.5 Å². The zero-order chi connectivity index (χ0) is 15.3. The van der Waals surface area contributed by atoms with E-state index in [9.17, 15) is 8.42 Å². The second kappa shape index (κ2) is 6.85. The molecule has 112 valence electrons. The summed E-state index contributed by atoms with van der Waals surface area (Å²) in [5.41, 5.74) is 8.57. The monoisotopic (exact) mass is 304 g/mol. The summed E-state index contributed by atoms with van der Waals surface area (Å²) < 4.78 is 27.2. The van der Waals surface area contributed by atoms with Gasteiger partial charge in [0.15, 0.2) is 0 Å². The van der Waals surface area contributed by atoms with Gasteiger partial charge in [-0.3, -0.25) is 0 Å². The normalized spacial score (nSPS) is 11.5. The highest BCUT2D eigenvalue weighted by molar-refractivity contribution is 7.89. The van der Waals surface area contributed by atoms with E-state index >= 15 is 0 Å². The average Bonchev–Trinajstić information content (AvgIpc) is 2.53. The first-order valence-electron chi connectivity index (χ1n) is 6.92. The van der Waals surface area contributed by atoms with Crippen LogP contribution >= 0.6 is 0 Å². The molecule has 0 radical (unpaired) electrons. The van der Waals surface area contributed by atoms with Gasteiger partial charge >= 0.3 is 0 Å². The Morgan fingerprint density at radius 3 is 2.19 bits per heavy atom. The first-order valence-corrected chi connectivity index (χ1v) is 8.40. The van der Waals surface area contributed by atoms with Crippen LogP contribution in [0.2, 0.25) is 0 Å². The molecular weight excluding hydrogens is 284 g/mol. The molecule has 0 aliphatic heterocycles. The fourth-order valence-corrected chi connectivity index (χ4v) is 3.14. The van der Waals surface area contributed by atoms with Crippen LogP contribution in [0.5, 0.6) is 0 Å². The van der Waals surface area contributed by atoms with E-state index < -0.39 is 10.0 Å². The molecule has 0 aliphatic rings. The summed E-state index contributed by atoms with van der Waals surface area (Å²) in [4.78, 5) is 0.258. The third kappa shape index (κ3) is 3.91. The fraction of sp³-hybridized carbons (Fsp3) is 0.250. The molecule has 0 atom stereocenters. The number of aryl methyl sites for hydroxylation is 1. The first kappa shape index (κ1) is 15.7. The molecule has 0 aromatic heterocycles. The molecule has 2 rings (SSSR count). The number of sulfonamides is 1. The minimum Gasteiger partial charge on any atom is -0.326 e. The Labute approximate surface area is 126 Å². The van der Waals surface area contributed by atoms with Crippen LogP contribution in [0.25, 0.3) is 0 Å². The lowest BCUT2D eigenvalue weighted by molar-refractivity contribution is 0.581. The number of hydrogen-bond donors (Lipinski definition) is 2. The van der Waals surface area contributed by atoms with Gasteiger partial charge in [0.2, 0.25) is 10.0 Å². The summed E-state index contributed by atoms with van der Waals surface area (Å²) in [6.07, 6.45) is 0.878. The second-order valence-corrected chi connectivity index (χ2v) is 6.56. The van der Waals surface area contributed by atoms with Crippen LogP contribution in [0.15, 0.2) is 53.4 Å². The van der Waals surface area contributed by atoms with Gasteiger partial charge in [-0.15, -0.1) is 0 Å². The smallest absolute Gasteiger partial charge is 0.240 e. The summed E-state index contributed by atoms with van der Waals surface area (Å²) >= 11 is 0. The van der Waals surface area contributed by atoms with Crippen molar-refractivity contribution in [1.29, 1.82) is 0 Å². The van der Waals surface area contributed by atoms with Crippen LogP contribution in [0, 0.1) is 0 Å². The Morgan fingerprint density at radius 2 is 1.62 bits per heavy atom. The topological polar surface area (TPSA) is 72.2 Å². The molecule has 0 unspecified atom stereocenters. The largest absolute Gasteiger partial charge is 0.326 e. The van der Waals surface area contributed by atoms with Crippen molar-refractivity contribution in [3.05, 3.63) is 65.2 Å². The molecule has 0 bridgehead atoms. The van der Waals surface area contributed by atoms with Crippen LogP contribution in [-0.2, 0) is 29.5 Å². The number of nitrogens with two attached hydrogens (primary N) is 1. The minimum atomic E-state index is -3.50. The lowest BCUT2D eigenvalue weighted by atomic mass is 10.1. The SMILES string of the molecule is CCc1ccccc1CNS(=O)(=O)c1ccc(CN)cc1. The molecule has 0 saturated heterocycles. The lowest BCUT2D eigenvalue weighted by Gasteiger charge is -2.10. The Morgan fingerprint density at radius 1 is 1.00 bits per heavy atom. The van der Waals surface area contributed by atoms with Gasteiger partial charge in [0.1, 0.15) is 0 Å². The van der Waals surface area contributed by atoms with Gasteiger partial charge in [0.05, 0.1) is 4.90 Å². The van der Waals surface area contributed by atoms with E-state index in [1.54, 1.807) is 24.3 Å². The van der Waals surface area contributed by atoms with Gasteiger partial charge in [0, 0.05) is 13.1 Å². The molecular formula is C16H20N2O2S. The van der Waals surface area contributed by atoms with Gasteiger partial charge in [-0.1, -0.05) is 43.3 Å². The number of nitrogens with one attached hydrogen (secondary N) is 1. The zero-order valence-electron chi connectivity index (χ0n) is 12.0. The maximum atomic E-state index is 12.3. The van der Waals surface area contributed by atoms with Gasteiger partial charge in [-0.05, 0) is 35.2 Å². The van der Waals surface area contributed by atoms with Gasteiger partial charge < -0.3 is 5.73 Å². The standard InChI is InChI=1S/C16H20N2O2S/c1-2-14-5-3-4-6-15(14)12-18-21(19,20)16-9-7-13(11-17)8-10-16/h3-10,18H,2,11-12,17H2,1H3. The molecule has 0 spiro atoms. The predicted molar refractivity (Wildman–Crippen MR) is 84.2 cm³/mol. The van der Waals surface area contributed by atoms with E-state index in [0.717, 1.165) is 23.1 Å². The predicted octanol–water partition coefficient (Wildman–Crippen LogP) is 2.19. The van der Waals surface area contributed by atoms with Crippen LogP contribution in [-0.4, -0.2) is 8.42 Å². The van der Waals surface area contributed by atoms with E-state index in [0.29, 0.717) is 13.1 Å². The second-order valence-electron chi connectivity index (χ2n) is 4.79. The van der Waals surface area contributed by atoms with Crippen molar-refractivity contribution in [2.24, 2.45) is 5.73 Å². The first-order chi connectivity index (χ1) is 10.1. The molecule has 4 nitrogen and oxygen atoms in total. The Bertz CT molecular complexity index is 694. The third-order valence-corrected chi connectivity index (χ3v) is 4.84. The van der Waals surface area contributed by atoms with Crippen molar-refractivity contribution < 1.29 is 8.42 Å². The molecule has 3 N–H and O–H groups in total. The molecule has 2 aromatic carbocycles. The third-order valence-electron chi connectivity index (χ3n) is 3.42. The molecule has 2 aromatic rings. The van der Waals surface area contributed by atoms with Crippen molar-refractivity contribution in [3.8, 4) is 0 Å². The summed E-state index contributed by atoms with van der Waals surface area (Å²) in [7, 11) is -3.50. The van der Waals surface area contributed by atoms with Crippen LogP contribution in [0.1, 0.15) is 23.6 Å². The number of rotatable bonds is 6. The average molecular weight is 304 g/mol. The van der Waals surface area contributed by atoms with Crippen LogP contribution in [0.4, 0.5) is 0 Å². The highest BCUT2D eigenvalue weighted by atomic mass is 32.2. The van der Waals surface area contributed by atoms with E-state index in [1.807, 2.05) is 24.3 Å². The number of hydrogen-bond acceptors (Lipinski definition) is 3. The number of benzene rings is 2. The Kier molecular flexibility index (Phi) is 5.12. The van der Waals surface area contributed by atoms with Crippen molar-refractivity contribution in [2.75, 3.05) is 0 Å². The quantitative estimate of drug-likeness (QED) is 0.859. The zero-order valence-corrected chi connectivity index (χ0v) is 12.9. The highest BCUT2D eigenvalue weighted by Gasteiger charge is 2.14. The lowest BCUT2D eigenvalue weighted by Crippen LogP contribution is -2.23. The van der Waals surface area contributed by atoms with Crippen LogP contribution in [0.3, 0.4) is 0 Å². The summed E-state index contributed by atoms with van der Waals surface area (Å²) in [5, 5.41) is 0.